The molecule has 19 heavy (non-hydrogen) atoms. The van der Waals surface area contributed by atoms with Crippen molar-refractivity contribution in [1.82, 2.24) is 4.57 Å². The van der Waals surface area contributed by atoms with Gasteiger partial charge in [-0.1, -0.05) is 28.1 Å². The molecule has 0 spiro atoms. The number of rotatable bonds is 3. The van der Waals surface area contributed by atoms with E-state index in [1.54, 1.807) is 37.4 Å². The van der Waals surface area contributed by atoms with E-state index in [1.165, 1.54) is 4.57 Å². The van der Waals surface area contributed by atoms with Crippen LogP contribution in [0.15, 0.2) is 51.9 Å². The molecule has 5 heteroatoms. The zero-order valence-electron chi connectivity index (χ0n) is 10.4. The number of pyridine rings is 1. The van der Waals surface area contributed by atoms with Crippen molar-refractivity contribution in [3.05, 3.63) is 63.0 Å². The van der Waals surface area contributed by atoms with Crippen molar-refractivity contribution in [3.63, 3.8) is 0 Å². The second-order valence-corrected chi connectivity index (χ2v) is 5.10. The predicted octanol–water partition coefficient (Wildman–Crippen LogP) is 2.56. The molecule has 1 amide bonds. The number of nitrogens with zero attached hydrogens (tertiary/aromatic N) is 1. The van der Waals surface area contributed by atoms with Gasteiger partial charge in [0.25, 0.3) is 5.56 Å². The van der Waals surface area contributed by atoms with Gasteiger partial charge in [-0.25, -0.2) is 0 Å². The van der Waals surface area contributed by atoms with Gasteiger partial charge in [-0.15, -0.1) is 0 Å². The molecule has 0 unspecified atom stereocenters. The third-order valence-electron chi connectivity index (χ3n) is 2.63. The van der Waals surface area contributed by atoms with Gasteiger partial charge in [0.1, 0.15) is 6.54 Å². The Morgan fingerprint density at radius 1 is 1.32 bits per heavy atom. The van der Waals surface area contributed by atoms with Crippen LogP contribution in [0.5, 0.6) is 0 Å². The van der Waals surface area contributed by atoms with Gasteiger partial charge in [0, 0.05) is 21.9 Å². The number of carbonyl (C=O) groups is 1. The molecule has 1 aromatic heterocycles. The molecular weight excluding hydrogens is 308 g/mol. The number of carbonyl (C=O) groups excluding carboxylic acids is 1. The van der Waals surface area contributed by atoms with E-state index in [2.05, 4.69) is 21.2 Å². The number of anilines is 1. The van der Waals surface area contributed by atoms with Crippen LogP contribution in [0.2, 0.25) is 0 Å². The smallest absolute Gasteiger partial charge is 0.253 e. The number of nitrogens with one attached hydrogen (secondary N) is 1. The van der Waals surface area contributed by atoms with Gasteiger partial charge in [0.15, 0.2) is 0 Å². The Morgan fingerprint density at radius 2 is 2.11 bits per heavy atom. The Morgan fingerprint density at radius 3 is 2.84 bits per heavy atom. The molecule has 0 bridgehead atoms. The molecule has 0 aliphatic heterocycles. The normalized spacial score (nSPS) is 10.2. The maximum atomic E-state index is 11.9. The molecule has 1 aromatic carbocycles. The number of amides is 1. The van der Waals surface area contributed by atoms with E-state index < -0.39 is 0 Å². The number of hydrogen-bond acceptors (Lipinski definition) is 2. The lowest BCUT2D eigenvalue weighted by Gasteiger charge is -2.08. The molecule has 0 fully saturated rings. The summed E-state index contributed by atoms with van der Waals surface area (Å²) < 4.78 is 2.28. The standard InChI is InChI=1S/C14H13BrN2O2/c1-10-4-3-7-17(14(10)19)9-13(18)16-12-6-2-5-11(15)8-12/h2-8H,9H2,1H3,(H,16,18). The fourth-order valence-corrected chi connectivity index (χ4v) is 2.10. The van der Waals surface area contributed by atoms with Gasteiger partial charge < -0.3 is 9.88 Å². The maximum absolute atomic E-state index is 11.9. The van der Waals surface area contributed by atoms with Crippen LogP contribution in [0, 0.1) is 6.92 Å². The van der Waals surface area contributed by atoms with Crippen LogP contribution >= 0.6 is 15.9 Å². The summed E-state index contributed by atoms with van der Waals surface area (Å²) in [6.45, 7) is 1.73. The van der Waals surface area contributed by atoms with E-state index >= 15 is 0 Å². The minimum Gasteiger partial charge on any atom is -0.324 e. The average molecular weight is 321 g/mol. The fraction of sp³-hybridized carbons (Fsp3) is 0.143. The zero-order valence-corrected chi connectivity index (χ0v) is 12.0. The summed E-state index contributed by atoms with van der Waals surface area (Å²) in [6, 6.07) is 10.8. The van der Waals surface area contributed by atoms with Crippen LogP contribution in [0.3, 0.4) is 0 Å². The van der Waals surface area contributed by atoms with E-state index in [0.29, 0.717) is 11.3 Å². The van der Waals surface area contributed by atoms with Crippen molar-refractivity contribution >= 4 is 27.5 Å². The highest BCUT2D eigenvalue weighted by molar-refractivity contribution is 9.10. The van der Waals surface area contributed by atoms with Gasteiger partial charge in [-0.2, -0.15) is 0 Å². The maximum Gasteiger partial charge on any atom is 0.253 e. The Bertz CT molecular complexity index is 664. The molecule has 0 aliphatic rings. The van der Waals surface area contributed by atoms with Crippen molar-refractivity contribution in [2.75, 3.05) is 5.32 Å². The Hall–Kier alpha value is -1.88. The summed E-state index contributed by atoms with van der Waals surface area (Å²) in [5, 5.41) is 2.75. The lowest BCUT2D eigenvalue weighted by Crippen LogP contribution is -2.28. The third-order valence-corrected chi connectivity index (χ3v) is 3.13. The van der Waals surface area contributed by atoms with E-state index in [4.69, 9.17) is 0 Å². The minimum absolute atomic E-state index is 0.00697. The SMILES string of the molecule is Cc1cccn(CC(=O)Nc2cccc(Br)c2)c1=O. The molecular formula is C14H13BrN2O2. The first kappa shape index (κ1) is 13.5. The van der Waals surface area contributed by atoms with Gasteiger partial charge in [-0.3, -0.25) is 9.59 Å². The quantitative estimate of drug-likeness (QED) is 0.944. The number of aromatic nitrogens is 1. The average Bonchev–Trinajstić information content (AvgIpc) is 2.35. The molecule has 2 rings (SSSR count). The lowest BCUT2D eigenvalue weighted by molar-refractivity contribution is -0.116. The molecule has 0 saturated heterocycles. The van der Waals surface area contributed by atoms with E-state index in [1.807, 2.05) is 12.1 Å². The van der Waals surface area contributed by atoms with Crippen LogP contribution in [0.4, 0.5) is 5.69 Å². The molecule has 1 heterocycles. The van der Waals surface area contributed by atoms with Crippen molar-refractivity contribution < 1.29 is 4.79 Å². The van der Waals surface area contributed by atoms with Crippen molar-refractivity contribution in [2.45, 2.75) is 13.5 Å². The number of halogens is 1. The van der Waals surface area contributed by atoms with Crippen molar-refractivity contribution in [3.8, 4) is 0 Å². The summed E-state index contributed by atoms with van der Waals surface area (Å²) >= 11 is 3.33. The van der Waals surface area contributed by atoms with Gasteiger partial charge in [0.2, 0.25) is 5.91 Å². The summed E-state index contributed by atoms with van der Waals surface area (Å²) in [7, 11) is 0. The Balaban J connectivity index is 2.10. The molecule has 98 valence electrons. The van der Waals surface area contributed by atoms with Crippen LogP contribution < -0.4 is 10.9 Å². The molecule has 0 aliphatic carbocycles. The summed E-state index contributed by atoms with van der Waals surface area (Å²) in [5.41, 5.74) is 1.17. The van der Waals surface area contributed by atoms with Crippen molar-refractivity contribution in [1.29, 1.82) is 0 Å². The topological polar surface area (TPSA) is 51.1 Å². The molecule has 4 nitrogen and oxygen atoms in total. The Kier molecular flexibility index (Phi) is 4.16. The van der Waals surface area contributed by atoms with Gasteiger partial charge in [0.05, 0.1) is 0 Å². The summed E-state index contributed by atoms with van der Waals surface area (Å²) in [5.74, 6) is -0.231. The van der Waals surface area contributed by atoms with E-state index in [-0.39, 0.29) is 18.0 Å². The molecule has 0 radical (unpaired) electrons. The second-order valence-electron chi connectivity index (χ2n) is 4.18. The van der Waals surface area contributed by atoms with E-state index in [9.17, 15) is 9.59 Å². The highest BCUT2D eigenvalue weighted by Gasteiger charge is 2.06. The first-order valence-electron chi connectivity index (χ1n) is 5.78. The van der Waals surface area contributed by atoms with Crippen LogP contribution in [0.1, 0.15) is 5.56 Å². The zero-order chi connectivity index (χ0) is 13.8. The van der Waals surface area contributed by atoms with Crippen LogP contribution in [-0.4, -0.2) is 10.5 Å². The first-order chi connectivity index (χ1) is 9.06. The molecule has 0 saturated carbocycles. The van der Waals surface area contributed by atoms with Crippen LogP contribution in [-0.2, 0) is 11.3 Å². The number of hydrogen-bond donors (Lipinski definition) is 1. The van der Waals surface area contributed by atoms with Crippen molar-refractivity contribution in [2.24, 2.45) is 0 Å². The minimum atomic E-state index is -0.231. The third kappa shape index (κ3) is 3.54. The summed E-state index contributed by atoms with van der Waals surface area (Å²) in [6.07, 6.45) is 1.61. The molecule has 1 N–H and O–H groups in total. The first-order valence-corrected chi connectivity index (χ1v) is 6.57. The highest BCUT2D eigenvalue weighted by Crippen LogP contribution is 2.15. The largest absolute Gasteiger partial charge is 0.324 e. The summed E-state index contributed by atoms with van der Waals surface area (Å²) in [4.78, 5) is 23.7. The lowest BCUT2D eigenvalue weighted by atomic mass is 10.3. The number of aryl methyl sites for hydroxylation is 1. The molecule has 2 aromatic rings. The molecule has 0 atom stereocenters. The predicted molar refractivity (Wildman–Crippen MR) is 78.2 cm³/mol. The van der Waals surface area contributed by atoms with Crippen LogP contribution in [0.25, 0.3) is 0 Å². The number of benzene rings is 1. The Labute approximate surface area is 119 Å². The van der Waals surface area contributed by atoms with Gasteiger partial charge >= 0.3 is 0 Å². The van der Waals surface area contributed by atoms with Gasteiger partial charge in [-0.05, 0) is 31.2 Å². The highest BCUT2D eigenvalue weighted by atomic mass is 79.9. The van der Waals surface area contributed by atoms with E-state index in [0.717, 1.165) is 4.47 Å². The second kappa shape index (κ2) is 5.84. The fourth-order valence-electron chi connectivity index (χ4n) is 1.70. The monoisotopic (exact) mass is 320 g/mol.